The van der Waals surface area contributed by atoms with Gasteiger partial charge in [-0.3, -0.25) is 19.2 Å². The minimum absolute atomic E-state index is 0.0109. The SMILES string of the molecule is CCOc1cc(N2CCC(C(=O)N3CCC(CON4CCC(Oc5ccc(-c6ccc(NC(=O)c7ccc(OC)c(-c8cccc(OC)c8)c7)cc6)cc5)CC4)CC3)CC2)ccc1Nc1ncc2c(n1)N(C)c1ccccc1C(=O)N2C. The maximum absolute atomic E-state index is 13.9. The van der Waals surface area contributed by atoms with Gasteiger partial charge in [0.2, 0.25) is 11.9 Å². The van der Waals surface area contributed by atoms with Crippen LogP contribution in [0.4, 0.5) is 40.2 Å². The zero-order valence-corrected chi connectivity index (χ0v) is 47.3. The lowest BCUT2D eigenvalue weighted by Gasteiger charge is -2.38. The van der Waals surface area contributed by atoms with Crippen molar-refractivity contribution in [3.8, 4) is 45.3 Å². The molecular formula is C65H71N9O8. The van der Waals surface area contributed by atoms with E-state index in [1.807, 2.05) is 122 Å². The van der Waals surface area contributed by atoms with E-state index in [0.717, 1.165) is 129 Å². The van der Waals surface area contributed by atoms with Crippen molar-refractivity contribution in [2.45, 2.75) is 51.6 Å². The van der Waals surface area contributed by atoms with Crippen LogP contribution in [0.25, 0.3) is 22.3 Å². The molecular weight excluding hydrogens is 1030 g/mol. The highest BCUT2D eigenvalue weighted by Gasteiger charge is 2.33. The number of benzene rings is 6. The van der Waals surface area contributed by atoms with Gasteiger partial charge in [0.05, 0.1) is 50.6 Å². The van der Waals surface area contributed by atoms with E-state index in [1.54, 1.807) is 38.4 Å². The summed E-state index contributed by atoms with van der Waals surface area (Å²) in [5, 5.41) is 8.49. The number of fused-ring (bicyclic) bond motifs is 2. The first-order valence-electron chi connectivity index (χ1n) is 28.5. The number of likely N-dealkylation sites (tertiary alicyclic amines) is 1. The summed E-state index contributed by atoms with van der Waals surface area (Å²) in [6.45, 7) is 7.81. The van der Waals surface area contributed by atoms with Crippen LogP contribution in [0.5, 0.6) is 23.0 Å². The van der Waals surface area contributed by atoms with E-state index in [-0.39, 0.29) is 29.7 Å². The Morgan fingerprint density at radius 1 is 0.659 bits per heavy atom. The third-order valence-electron chi connectivity index (χ3n) is 16.2. The van der Waals surface area contributed by atoms with Crippen LogP contribution >= 0.6 is 0 Å². The molecule has 6 aromatic carbocycles. The van der Waals surface area contributed by atoms with Crippen LogP contribution in [0.15, 0.2) is 140 Å². The molecule has 4 aliphatic rings. The van der Waals surface area contributed by atoms with Gasteiger partial charge in [0.1, 0.15) is 34.8 Å². The normalized spacial score (nSPS) is 16.2. The molecule has 3 amide bonds. The van der Waals surface area contributed by atoms with Crippen LogP contribution in [-0.2, 0) is 9.63 Å². The van der Waals surface area contributed by atoms with Gasteiger partial charge >= 0.3 is 0 Å². The Bertz CT molecular complexity index is 3390. The van der Waals surface area contributed by atoms with Crippen LogP contribution in [0.3, 0.4) is 0 Å². The molecule has 82 heavy (non-hydrogen) atoms. The van der Waals surface area contributed by atoms with Crippen molar-refractivity contribution in [2.75, 3.05) is 106 Å². The van der Waals surface area contributed by atoms with Gasteiger partial charge < -0.3 is 49.2 Å². The number of methoxy groups -OCH3 is 2. The van der Waals surface area contributed by atoms with E-state index < -0.39 is 0 Å². The molecule has 3 fully saturated rings. The number of para-hydroxylation sites is 1. The molecule has 1 aromatic heterocycles. The first-order chi connectivity index (χ1) is 40.0. The van der Waals surface area contributed by atoms with Gasteiger partial charge in [-0.25, -0.2) is 4.98 Å². The number of hydroxylamine groups is 2. The molecule has 0 aliphatic carbocycles. The molecule has 2 N–H and O–H groups in total. The first kappa shape index (κ1) is 55.2. The second-order valence-corrected chi connectivity index (χ2v) is 21.4. The third kappa shape index (κ3) is 12.3. The number of carbonyl (C=O) groups excluding carboxylic acids is 3. The summed E-state index contributed by atoms with van der Waals surface area (Å²) < 4.78 is 23.6. The van der Waals surface area contributed by atoms with Crippen LogP contribution in [0.2, 0.25) is 0 Å². The Hall–Kier alpha value is -8.67. The lowest BCUT2D eigenvalue weighted by Crippen LogP contribution is -2.46. The highest BCUT2D eigenvalue weighted by molar-refractivity contribution is 6.13. The Morgan fingerprint density at radius 3 is 2.13 bits per heavy atom. The van der Waals surface area contributed by atoms with E-state index >= 15 is 0 Å². The predicted molar refractivity (Wildman–Crippen MR) is 320 cm³/mol. The van der Waals surface area contributed by atoms with Gasteiger partial charge in [0.15, 0.2) is 5.82 Å². The van der Waals surface area contributed by atoms with Crippen LogP contribution in [0, 0.1) is 11.8 Å². The topological polar surface area (TPSA) is 163 Å². The molecule has 11 rings (SSSR count). The zero-order valence-electron chi connectivity index (χ0n) is 47.3. The Balaban J connectivity index is 0.590. The first-order valence-corrected chi connectivity index (χ1v) is 28.5. The molecule has 0 atom stereocenters. The standard InChI is InChI=1S/C65H71N9O8/c1-6-80-60-40-50(21-24-56(60)68-65-66-41-58-61(69-65)70(2)57-13-8-7-12-54(57)64(77)71(58)3)72-34-28-46(29-35-72)63(76)73-32-26-43(27-33-73)42-81-74-36-30-52(31-37-74)82-51-22-16-45(17-23-51)44-14-19-49(20-15-44)67-62(75)48-18-25-59(79-5)55(39-48)47-10-9-11-53(38-47)78-4/h7-25,38-41,43,46,52H,6,26-37,42H2,1-5H3,(H,67,75)(H,66,68,69). The summed E-state index contributed by atoms with van der Waals surface area (Å²) in [6.07, 6.45) is 7.01. The van der Waals surface area contributed by atoms with E-state index in [1.165, 1.54) is 0 Å². The van der Waals surface area contributed by atoms with Gasteiger partial charge in [0.25, 0.3) is 11.8 Å². The smallest absolute Gasteiger partial charge is 0.260 e. The lowest BCUT2D eigenvalue weighted by molar-refractivity contribution is -0.189. The fourth-order valence-electron chi connectivity index (χ4n) is 11.5. The number of rotatable bonds is 17. The number of aromatic nitrogens is 2. The van der Waals surface area contributed by atoms with Crippen LogP contribution in [-0.4, -0.2) is 125 Å². The van der Waals surface area contributed by atoms with Crippen molar-refractivity contribution in [3.63, 3.8) is 0 Å². The molecule has 4 aliphatic heterocycles. The highest BCUT2D eigenvalue weighted by Crippen LogP contribution is 2.40. The van der Waals surface area contributed by atoms with Gasteiger partial charge in [-0.05, 0) is 147 Å². The van der Waals surface area contributed by atoms with Gasteiger partial charge in [-0.2, -0.15) is 10.0 Å². The highest BCUT2D eigenvalue weighted by atomic mass is 16.7. The fourth-order valence-corrected chi connectivity index (χ4v) is 11.5. The molecule has 17 nitrogen and oxygen atoms in total. The molecule has 0 radical (unpaired) electrons. The molecule has 0 unspecified atom stereocenters. The molecule has 5 heterocycles. The molecule has 0 bridgehead atoms. The van der Waals surface area contributed by atoms with Gasteiger partial charge in [0, 0.05) is 87.8 Å². The lowest BCUT2D eigenvalue weighted by atomic mass is 9.92. The van der Waals surface area contributed by atoms with Crippen molar-refractivity contribution in [1.82, 2.24) is 19.9 Å². The van der Waals surface area contributed by atoms with Crippen molar-refractivity contribution >= 4 is 57.9 Å². The van der Waals surface area contributed by atoms with Crippen molar-refractivity contribution < 1.29 is 38.2 Å². The summed E-state index contributed by atoms with van der Waals surface area (Å²) in [5.41, 5.74) is 8.76. The zero-order chi connectivity index (χ0) is 56.7. The van der Waals surface area contributed by atoms with Gasteiger partial charge in [-0.15, -0.1) is 0 Å². The van der Waals surface area contributed by atoms with Crippen molar-refractivity contribution in [1.29, 1.82) is 0 Å². The molecule has 17 heteroatoms. The van der Waals surface area contributed by atoms with Crippen LogP contribution < -0.4 is 44.3 Å². The fraction of sp³-hybridized carbons (Fsp3) is 0.338. The summed E-state index contributed by atoms with van der Waals surface area (Å²) in [5.74, 6) is 4.29. The Kier molecular flexibility index (Phi) is 16.8. The predicted octanol–water partition coefficient (Wildman–Crippen LogP) is 11.5. The molecule has 7 aromatic rings. The minimum Gasteiger partial charge on any atom is -0.497 e. The van der Waals surface area contributed by atoms with Crippen LogP contribution in [0.1, 0.15) is 66.2 Å². The number of hydrogen-bond donors (Lipinski definition) is 2. The number of amides is 3. The summed E-state index contributed by atoms with van der Waals surface area (Å²) in [7, 11) is 6.89. The summed E-state index contributed by atoms with van der Waals surface area (Å²) in [6, 6.07) is 42.7. The summed E-state index contributed by atoms with van der Waals surface area (Å²) >= 11 is 0. The number of nitrogens with zero attached hydrogens (tertiary/aromatic N) is 7. The maximum Gasteiger partial charge on any atom is 0.260 e. The second kappa shape index (κ2) is 25.0. The molecule has 424 valence electrons. The average Bonchev–Trinajstić information content (AvgIpc) is 3.90. The molecule has 3 saturated heterocycles. The van der Waals surface area contributed by atoms with E-state index in [9.17, 15) is 14.4 Å². The monoisotopic (exact) mass is 1110 g/mol. The van der Waals surface area contributed by atoms with E-state index in [2.05, 4.69) is 54.7 Å². The van der Waals surface area contributed by atoms with E-state index in [0.29, 0.717) is 64.9 Å². The summed E-state index contributed by atoms with van der Waals surface area (Å²) in [4.78, 5) is 64.3. The molecule has 0 saturated carbocycles. The average molecular weight is 1110 g/mol. The number of anilines is 7. The number of ether oxygens (including phenoxy) is 4. The van der Waals surface area contributed by atoms with E-state index in [4.69, 9.17) is 28.8 Å². The number of carbonyl (C=O) groups is 3. The van der Waals surface area contributed by atoms with Gasteiger partial charge in [-0.1, -0.05) is 48.5 Å². The number of nitrogens with one attached hydrogen (secondary N) is 2. The maximum atomic E-state index is 13.9. The van der Waals surface area contributed by atoms with Crippen molar-refractivity contribution in [2.24, 2.45) is 11.8 Å². The quantitative estimate of drug-likeness (QED) is 0.0885. The molecule has 0 spiro atoms. The number of piperidine rings is 3. The Morgan fingerprint density at radius 2 is 1.40 bits per heavy atom. The largest absolute Gasteiger partial charge is 0.497 e. The Labute approximate surface area is 479 Å². The van der Waals surface area contributed by atoms with Crippen molar-refractivity contribution in [3.05, 3.63) is 151 Å². The third-order valence-corrected chi connectivity index (χ3v) is 16.2. The second-order valence-electron chi connectivity index (χ2n) is 21.4. The number of hydrogen-bond acceptors (Lipinski definition) is 14. The minimum atomic E-state index is -0.215.